The predicted octanol–water partition coefficient (Wildman–Crippen LogP) is 2.38. The predicted molar refractivity (Wildman–Crippen MR) is 49.5 cm³/mol. The van der Waals surface area contributed by atoms with Crippen LogP contribution in [0.1, 0.15) is 19.5 Å². The third-order valence-electron chi connectivity index (χ3n) is 1.61. The monoisotopic (exact) mass is 216 g/mol. The first-order valence-electron chi connectivity index (χ1n) is 3.77. The Bertz CT molecular complexity index is 221. The molecular weight excluding hydrogens is 204 g/mol. The van der Waals surface area contributed by atoms with Crippen LogP contribution in [0.25, 0.3) is 0 Å². The van der Waals surface area contributed by atoms with Gasteiger partial charge < -0.3 is 0 Å². The minimum Gasteiger partial charge on any atom is -0.271 e. The number of aryl methyl sites for hydroxylation is 1. The molecule has 0 radical (unpaired) electrons. The summed E-state index contributed by atoms with van der Waals surface area (Å²) in [5, 5.41) is 4.14. The summed E-state index contributed by atoms with van der Waals surface area (Å²) in [6.07, 6.45) is 2.93. The standard InChI is InChI=1S/C8H13BrN2/c1-6(2)4-8-7(9)5-10-11(8)3/h5-6H,4H2,1-3H3. The van der Waals surface area contributed by atoms with Gasteiger partial charge in [-0.25, -0.2) is 0 Å². The molecule has 0 saturated heterocycles. The minimum absolute atomic E-state index is 0.682. The van der Waals surface area contributed by atoms with Gasteiger partial charge in [-0.05, 0) is 28.3 Å². The molecule has 1 aromatic rings. The van der Waals surface area contributed by atoms with E-state index in [1.165, 1.54) is 5.69 Å². The Kier molecular flexibility index (Phi) is 2.71. The summed E-state index contributed by atoms with van der Waals surface area (Å²) < 4.78 is 3.04. The second kappa shape index (κ2) is 3.39. The highest BCUT2D eigenvalue weighted by Gasteiger charge is 2.06. The second-order valence-corrected chi connectivity index (χ2v) is 4.02. The third-order valence-corrected chi connectivity index (χ3v) is 2.27. The quantitative estimate of drug-likeness (QED) is 0.743. The Balaban J connectivity index is 2.83. The van der Waals surface area contributed by atoms with Crippen molar-refractivity contribution in [3.63, 3.8) is 0 Å². The summed E-state index contributed by atoms with van der Waals surface area (Å²) in [6.45, 7) is 4.42. The van der Waals surface area contributed by atoms with Gasteiger partial charge in [0.1, 0.15) is 0 Å². The molecule has 0 aliphatic carbocycles. The summed E-state index contributed by atoms with van der Waals surface area (Å²) in [5.74, 6) is 0.682. The molecule has 0 atom stereocenters. The fourth-order valence-electron chi connectivity index (χ4n) is 1.05. The Morgan fingerprint density at radius 1 is 1.64 bits per heavy atom. The lowest BCUT2D eigenvalue weighted by molar-refractivity contribution is 0.594. The summed E-state index contributed by atoms with van der Waals surface area (Å²) >= 11 is 3.46. The molecule has 0 spiro atoms. The van der Waals surface area contributed by atoms with Crippen molar-refractivity contribution in [1.29, 1.82) is 0 Å². The van der Waals surface area contributed by atoms with Crippen LogP contribution >= 0.6 is 15.9 Å². The zero-order chi connectivity index (χ0) is 8.43. The van der Waals surface area contributed by atoms with Crippen molar-refractivity contribution in [3.8, 4) is 0 Å². The van der Waals surface area contributed by atoms with Crippen molar-refractivity contribution < 1.29 is 0 Å². The van der Waals surface area contributed by atoms with Crippen molar-refractivity contribution >= 4 is 15.9 Å². The van der Waals surface area contributed by atoms with Crippen molar-refractivity contribution in [2.24, 2.45) is 13.0 Å². The van der Waals surface area contributed by atoms with Gasteiger partial charge in [-0.1, -0.05) is 13.8 Å². The van der Waals surface area contributed by atoms with Crippen LogP contribution in [0.5, 0.6) is 0 Å². The number of nitrogens with zero attached hydrogens (tertiary/aromatic N) is 2. The highest BCUT2D eigenvalue weighted by Crippen LogP contribution is 2.18. The molecule has 0 N–H and O–H groups in total. The van der Waals surface area contributed by atoms with Gasteiger partial charge in [-0.2, -0.15) is 5.10 Å². The van der Waals surface area contributed by atoms with Gasteiger partial charge in [0, 0.05) is 7.05 Å². The van der Waals surface area contributed by atoms with E-state index in [9.17, 15) is 0 Å². The van der Waals surface area contributed by atoms with E-state index in [4.69, 9.17) is 0 Å². The van der Waals surface area contributed by atoms with Crippen LogP contribution in [0.4, 0.5) is 0 Å². The van der Waals surface area contributed by atoms with Crippen LogP contribution in [0, 0.1) is 5.92 Å². The summed E-state index contributed by atoms with van der Waals surface area (Å²) in [7, 11) is 1.97. The van der Waals surface area contributed by atoms with Crippen LogP contribution in [0.2, 0.25) is 0 Å². The Morgan fingerprint density at radius 2 is 2.27 bits per heavy atom. The van der Waals surface area contributed by atoms with Crippen LogP contribution in [0.3, 0.4) is 0 Å². The fraction of sp³-hybridized carbons (Fsp3) is 0.625. The van der Waals surface area contributed by atoms with Crippen molar-refractivity contribution in [2.75, 3.05) is 0 Å². The van der Waals surface area contributed by atoms with Crippen LogP contribution in [0.15, 0.2) is 10.7 Å². The number of hydrogen-bond acceptors (Lipinski definition) is 1. The summed E-state index contributed by atoms with van der Waals surface area (Å²) in [6, 6.07) is 0. The molecule has 3 heteroatoms. The summed E-state index contributed by atoms with van der Waals surface area (Å²) in [5.41, 5.74) is 1.28. The van der Waals surface area contributed by atoms with E-state index in [1.807, 2.05) is 17.9 Å². The van der Waals surface area contributed by atoms with E-state index < -0.39 is 0 Å². The molecular formula is C8H13BrN2. The molecule has 0 aliphatic rings. The Labute approximate surface area is 75.7 Å². The van der Waals surface area contributed by atoms with Crippen molar-refractivity contribution in [2.45, 2.75) is 20.3 Å². The number of hydrogen-bond donors (Lipinski definition) is 0. The SMILES string of the molecule is CC(C)Cc1c(Br)cnn1C. The fourth-order valence-corrected chi connectivity index (χ4v) is 1.56. The first-order valence-corrected chi connectivity index (χ1v) is 4.57. The number of rotatable bonds is 2. The lowest BCUT2D eigenvalue weighted by atomic mass is 10.1. The van der Waals surface area contributed by atoms with Crippen LogP contribution < -0.4 is 0 Å². The first-order chi connectivity index (χ1) is 5.11. The van der Waals surface area contributed by atoms with Gasteiger partial charge in [0.2, 0.25) is 0 Å². The molecule has 1 aromatic heterocycles. The van der Waals surface area contributed by atoms with Gasteiger partial charge >= 0.3 is 0 Å². The average Bonchev–Trinajstić information content (AvgIpc) is 2.18. The van der Waals surface area contributed by atoms with E-state index >= 15 is 0 Å². The molecule has 0 aromatic carbocycles. The Morgan fingerprint density at radius 3 is 2.64 bits per heavy atom. The van der Waals surface area contributed by atoms with E-state index in [-0.39, 0.29) is 0 Å². The molecule has 0 bridgehead atoms. The zero-order valence-electron chi connectivity index (χ0n) is 7.13. The molecule has 0 saturated carbocycles. The molecule has 0 unspecified atom stereocenters. The van der Waals surface area contributed by atoms with Crippen LogP contribution in [-0.2, 0) is 13.5 Å². The van der Waals surface area contributed by atoms with Crippen molar-refractivity contribution in [1.82, 2.24) is 9.78 Å². The smallest absolute Gasteiger partial charge is 0.0635 e. The molecule has 1 heterocycles. The molecule has 2 nitrogen and oxygen atoms in total. The largest absolute Gasteiger partial charge is 0.271 e. The maximum absolute atomic E-state index is 4.14. The van der Waals surface area contributed by atoms with Crippen LogP contribution in [-0.4, -0.2) is 9.78 Å². The van der Waals surface area contributed by atoms with E-state index in [0.717, 1.165) is 10.9 Å². The number of halogens is 1. The maximum Gasteiger partial charge on any atom is 0.0635 e. The molecule has 0 fully saturated rings. The normalized spacial score (nSPS) is 11.0. The van der Waals surface area contributed by atoms with Crippen molar-refractivity contribution in [3.05, 3.63) is 16.4 Å². The molecule has 11 heavy (non-hydrogen) atoms. The molecule has 0 aliphatic heterocycles. The highest BCUT2D eigenvalue weighted by molar-refractivity contribution is 9.10. The van der Waals surface area contributed by atoms with E-state index in [2.05, 4.69) is 34.9 Å². The van der Waals surface area contributed by atoms with E-state index in [1.54, 1.807) is 0 Å². The Hall–Kier alpha value is -0.310. The van der Waals surface area contributed by atoms with E-state index in [0.29, 0.717) is 5.92 Å². The third kappa shape index (κ3) is 2.06. The zero-order valence-corrected chi connectivity index (χ0v) is 8.72. The maximum atomic E-state index is 4.14. The first kappa shape index (κ1) is 8.78. The lowest BCUT2D eigenvalue weighted by Gasteiger charge is -2.05. The lowest BCUT2D eigenvalue weighted by Crippen LogP contribution is -2.02. The van der Waals surface area contributed by atoms with Gasteiger partial charge in [0.25, 0.3) is 0 Å². The van der Waals surface area contributed by atoms with Gasteiger partial charge in [-0.15, -0.1) is 0 Å². The topological polar surface area (TPSA) is 17.8 Å². The van der Waals surface area contributed by atoms with Gasteiger partial charge in [-0.3, -0.25) is 4.68 Å². The molecule has 0 amide bonds. The highest BCUT2D eigenvalue weighted by atomic mass is 79.9. The van der Waals surface area contributed by atoms with Gasteiger partial charge in [0.15, 0.2) is 0 Å². The minimum atomic E-state index is 0.682. The summed E-state index contributed by atoms with van der Waals surface area (Å²) in [4.78, 5) is 0. The average molecular weight is 217 g/mol. The molecule has 1 rings (SSSR count). The van der Waals surface area contributed by atoms with Gasteiger partial charge in [0.05, 0.1) is 16.4 Å². The number of aromatic nitrogens is 2. The second-order valence-electron chi connectivity index (χ2n) is 3.16. The molecule has 62 valence electrons.